The van der Waals surface area contributed by atoms with Crippen molar-refractivity contribution < 1.29 is 14.0 Å². The van der Waals surface area contributed by atoms with Crippen LogP contribution in [0.5, 0.6) is 0 Å². The van der Waals surface area contributed by atoms with E-state index in [1.54, 1.807) is 36.2 Å². The molecule has 1 aliphatic rings. The molecule has 1 aliphatic heterocycles. The maximum atomic E-state index is 13.9. The van der Waals surface area contributed by atoms with Crippen LogP contribution in [-0.4, -0.2) is 39.8 Å². The fourth-order valence-electron chi connectivity index (χ4n) is 4.11. The molecule has 1 saturated heterocycles. The molecule has 6 nitrogen and oxygen atoms in total. The first-order valence-corrected chi connectivity index (χ1v) is 11.2. The lowest BCUT2D eigenvalue weighted by atomic mass is 9.96. The van der Waals surface area contributed by atoms with E-state index in [4.69, 9.17) is 0 Å². The first-order chi connectivity index (χ1) is 16.0. The molecule has 0 saturated carbocycles. The van der Waals surface area contributed by atoms with Gasteiger partial charge in [-0.2, -0.15) is 0 Å². The normalized spacial score (nSPS) is 15.8. The van der Waals surface area contributed by atoms with Crippen molar-refractivity contribution in [3.05, 3.63) is 94.8 Å². The number of carbonyl (C=O) groups is 2. The van der Waals surface area contributed by atoms with Crippen molar-refractivity contribution in [2.45, 2.75) is 38.6 Å². The van der Waals surface area contributed by atoms with Crippen LogP contribution in [0.2, 0.25) is 0 Å². The van der Waals surface area contributed by atoms with Crippen LogP contribution in [0.1, 0.15) is 51.8 Å². The summed E-state index contributed by atoms with van der Waals surface area (Å²) < 4.78 is 13.9. The average molecular weight is 447 g/mol. The van der Waals surface area contributed by atoms with E-state index < -0.39 is 0 Å². The summed E-state index contributed by atoms with van der Waals surface area (Å²) in [6, 6.07) is 16.1. The standard InChI is InChI=1S/C26H27FN4O2/c1-18-22(26(33)29-15-19-8-3-2-4-9-19)16-28-25(30-18)21-11-7-13-31(17-21)24(32)14-20-10-5-6-12-23(20)27/h2-6,8-10,12,16,21H,7,11,13-15,17H2,1H3,(H,29,33)/t21-/m0/s1. The molecule has 1 fully saturated rings. The van der Waals surface area contributed by atoms with Crippen molar-refractivity contribution in [2.24, 2.45) is 0 Å². The van der Waals surface area contributed by atoms with Gasteiger partial charge in [0.2, 0.25) is 5.91 Å². The molecule has 0 radical (unpaired) electrons. The number of carbonyl (C=O) groups excluding carboxylic acids is 2. The van der Waals surface area contributed by atoms with E-state index in [1.807, 2.05) is 30.3 Å². The third kappa shape index (κ3) is 5.61. The molecule has 2 aromatic carbocycles. The SMILES string of the molecule is Cc1nc([C@H]2CCCN(C(=O)Cc3ccccc3F)C2)ncc1C(=O)NCc1ccccc1. The predicted molar refractivity (Wildman–Crippen MR) is 123 cm³/mol. The summed E-state index contributed by atoms with van der Waals surface area (Å²) in [4.78, 5) is 36.2. The van der Waals surface area contributed by atoms with Crippen LogP contribution in [0.25, 0.3) is 0 Å². The molecule has 2 heterocycles. The number of amides is 2. The number of halogens is 1. The highest BCUT2D eigenvalue weighted by Crippen LogP contribution is 2.25. The maximum Gasteiger partial charge on any atom is 0.254 e. The molecule has 0 bridgehead atoms. The molecule has 0 unspecified atom stereocenters. The van der Waals surface area contributed by atoms with Gasteiger partial charge >= 0.3 is 0 Å². The molecule has 2 amide bonds. The zero-order chi connectivity index (χ0) is 23.2. The van der Waals surface area contributed by atoms with E-state index >= 15 is 0 Å². The van der Waals surface area contributed by atoms with E-state index in [-0.39, 0.29) is 30.0 Å². The van der Waals surface area contributed by atoms with Gasteiger partial charge < -0.3 is 10.2 Å². The zero-order valence-electron chi connectivity index (χ0n) is 18.6. The second kappa shape index (κ2) is 10.3. The van der Waals surface area contributed by atoms with Gasteiger partial charge in [0.25, 0.3) is 5.91 Å². The van der Waals surface area contributed by atoms with Gasteiger partial charge in [-0.15, -0.1) is 0 Å². The highest BCUT2D eigenvalue weighted by atomic mass is 19.1. The van der Waals surface area contributed by atoms with Crippen molar-refractivity contribution in [3.63, 3.8) is 0 Å². The first-order valence-electron chi connectivity index (χ1n) is 11.2. The Morgan fingerprint density at radius 3 is 2.64 bits per heavy atom. The van der Waals surface area contributed by atoms with Crippen LogP contribution in [0, 0.1) is 12.7 Å². The van der Waals surface area contributed by atoms with Crippen molar-refractivity contribution >= 4 is 11.8 Å². The van der Waals surface area contributed by atoms with Crippen LogP contribution in [0.15, 0.2) is 60.8 Å². The monoisotopic (exact) mass is 446 g/mol. The van der Waals surface area contributed by atoms with Crippen molar-refractivity contribution in [1.82, 2.24) is 20.2 Å². The molecule has 170 valence electrons. The van der Waals surface area contributed by atoms with E-state index in [0.29, 0.717) is 42.3 Å². The molecular formula is C26H27FN4O2. The molecule has 3 aromatic rings. The van der Waals surface area contributed by atoms with Gasteiger partial charge in [0.05, 0.1) is 17.7 Å². The molecule has 0 spiro atoms. The van der Waals surface area contributed by atoms with Crippen LogP contribution in [-0.2, 0) is 17.8 Å². The molecule has 1 aromatic heterocycles. The third-order valence-corrected chi connectivity index (χ3v) is 5.98. The van der Waals surface area contributed by atoms with E-state index in [9.17, 15) is 14.0 Å². The maximum absolute atomic E-state index is 13.9. The Bertz CT molecular complexity index is 1140. The summed E-state index contributed by atoms with van der Waals surface area (Å²) in [6.07, 6.45) is 3.30. The predicted octanol–water partition coefficient (Wildman–Crippen LogP) is 3.80. The fourth-order valence-corrected chi connectivity index (χ4v) is 4.11. The molecule has 33 heavy (non-hydrogen) atoms. The van der Waals surface area contributed by atoms with Crippen LogP contribution < -0.4 is 5.32 Å². The molecule has 1 N–H and O–H groups in total. The lowest BCUT2D eigenvalue weighted by Gasteiger charge is -2.32. The quantitative estimate of drug-likeness (QED) is 0.625. The zero-order valence-corrected chi connectivity index (χ0v) is 18.6. The summed E-state index contributed by atoms with van der Waals surface area (Å²) in [5.41, 5.74) is 2.48. The van der Waals surface area contributed by atoms with Gasteiger partial charge in [-0.1, -0.05) is 48.5 Å². The van der Waals surface area contributed by atoms with E-state index in [2.05, 4.69) is 15.3 Å². The Hall–Kier alpha value is -3.61. The topological polar surface area (TPSA) is 75.2 Å². The van der Waals surface area contributed by atoms with Gasteiger partial charge in [-0.05, 0) is 37.0 Å². The van der Waals surface area contributed by atoms with Gasteiger partial charge in [0.15, 0.2) is 0 Å². The second-order valence-electron chi connectivity index (χ2n) is 8.34. The summed E-state index contributed by atoms with van der Waals surface area (Å²) in [5.74, 6) is -0.0508. The van der Waals surface area contributed by atoms with E-state index in [1.165, 1.54) is 6.07 Å². The van der Waals surface area contributed by atoms with E-state index in [0.717, 1.165) is 18.4 Å². The number of benzene rings is 2. The highest BCUT2D eigenvalue weighted by Gasteiger charge is 2.27. The second-order valence-corrected chi connectivity index (χ2v) is 8.34. The van der Waals surface area contributed by atoms with Gasteiger partial charge in [-0.25, -0.2) is 14.4 Å². The number of hydrogen-bond acceptors (Lipinski definition) is 4. The van der Waals surface area contributed by atoms with Crippen LogP contribution in [0.3, 0.4) is 0 Å². The highest BCUT2D eigenvalue weighted by molar-refractivity contribution is 5.94. The Kier molecular flexibility index (Phi) is 7.07. The minimum absolute atomic E-state index is 0.0107. The number of piperidine rings is 1. The number of nitrogens with zero attached hydrogens (tertiary/aromatic N) is 3. The number of likely N-dealkylation sites (tertiary alicyclic amines) is 1. The minimum atomic E-state index is -0.362. The van der Waals surface area contributed by atoms with Gasteiger partial charge in [0, 0.05) is 31.7 Å². The van der Waals surface area contributed by atoms with Gasteiger partial charge in [-0.3, -0.25) is 9.59 Å². The van der Waals surface area contributed by atoms with Crippen LogP contribution in [0.4, 0.5) is 4.39 Å². The molecular weight excluding hydrogens is 419 g/mol. The Balaban J connectivity index is 1.39. The molecule has 7 heteroatoms. The van der Waals surface area contributed by atoms with Crippen LogP contribution >= 0.6 is 0 Å². The average Bonchev–Trinajstić information content (AvgIpc) is 2.84. The Labute approximate surface area is 192 Å². The molecule has 1 atom stereocenters. The summed E-state index contributed by atoms with van der Waals surface area (Å²) in [5, 5.41) is 2.90. The number of aryl methyl sites for hydroxylation is 1. The van der Waals surface area contributed by atoms with Crippen molar-refractivity contribution in [2.75, 3.05) is 13.1 Å². The first kappa shape index (κ1) is 22.6. The third-order valence-electron chi connectivity index (χ3n) is 5.98. The van der Waals surface area contributed by atoms with Crippen molar-refractivity contribution in [3.8, 4) is 0 Å². The lowest BCUT2D eigenvalue weighted by Crippen LogP contribution is -2.40. The number of nitrogens with one attached hydrogen (secondary N) is 1. The Morgan fingerprint density at radius 1 is 1.12 bits per heavy atom. The number of rotatable bonds is 6. The number of hydrogen-bond donors (Lipinski definition) is 1. The Morgan fingerprint density at radius 2 is 1.88 bits per heavy atom. The lowest BCUT2D eigenvalue weighted by molar-refractivity contribution is -0.131. The fraction of sp³-hybridized carbons (Fsp3) is 0.308. The van der Waals surface area contributed by atoms with Gasteiger partial charge in [0.1, 0.15) is 11.6 Å². The summed E-state index contributed by atoms with van der Waals surface area (Å²) >= 11 is 0. The molecule has 0 aliphatic carbocycles. The summed E-state index contributed by atoms with van der Waals surface area (Å²) in [7, 11) is 0. The number of aromatic nitrogens is 2. The smallest absolute Gasteiger partial charge is 0.254 e. The largest absolute Gasteiger partial charge is 0.348 e. The van der Waals surface area contributed by atoms with Crippen molar-refractivity contribution in [1.29, 1.82) is 0 Å². The molecule has 4 rings (SSSR count). The summed E-state index contributed by atoms with van der Waals surface area (Å²) in [6.45, 7) is 3.37. The minimum Gasteiger partial charge on any atom is -0.348 e.